The summed E-state index contributed by atoms with van der Waals surface area (Å²) in [6.07, 6.45) is 4.90. The standard InChI is InChI=1S/C12H20N4O/c1-2-6-16(10-4-3-5-13-8-10)11-7-12(17)15-9-14-11/h7,9-10,13H,2-6,8H2,1H3,(H,14,15,17). The second-order valence-corrected chi connectivity index (χ2v) is 4.46. The van der Waals surface area contributed by atoms with E-state index in [0.29, 0.717) is 6.04 Å². The third-order valence-electron chi connectivity index (χ3n) is 3.13. The summed E-state index contributed by atoms with van der Waals surface area (Å²) < 4.78 is 0. The molecule has 0 amide bonds. The molecule has 0 spiro atoms. The Kier molecular flexibility index (Phi) is 4.14. The van der Waals surface area contributed by atoms with Crippen molar-refractivity contribution in [2.24, 2.45) is 0 Å². The second-order valence-electron chi connectivity index (χ2n) is 4.46. The molecule has 0 saturated carbocycles. The highest BCUT2D eigenvalue weighted by Crippen LogP contribution is 2.17. The lowest BCUT2D eigenvalue weighted by Gasteiger charge is -2.35. The molecule has 1 unspecified atom stereocenters. The van der Waals surface area contributed by atoms with Gasteiger partial charge in [0.2, 0.25) is 0 Å². The highest BCUT2D eigenvalue weighted by atomic mass is 16.1. The van der Waals surface area contributed by atoms with Crippen molar-refractivity contribution in [3.63, 3.8) is 0 Å². The smallest absolute Gasteiger partial charge is 0.252 e. The summed E-state index contributed by atoms with van der Waals surface area (Å²) in [5, 5.41) is 3.40. The van der Waals surface area contributed by atoms with Gasteiger partial charge in [0.05, 0.1) is 6.33 Å². The number of nitrogens with zero attached hydrogens (tertiary/aromatic N) is 2. The zero-order chi connectivity index (χ0) is 12.1. The van der Waals surface area contributed by atoms with Crippen LogP contribution in [0.25, 0.3) is 0 Å². The van der Waals surface area contributed by atoms with Crippen LogP contribution in [0.1, 0.15) is 26.2 Å². The number of anilines is 1. The van der Waals surface area contributed by atoms with Gasteiger partial charge >= 0.3 is 0 Å². The minimum atomic E-state index is -0.0835. The zero-order valence-electron chi connectivity index (χ0n) is 10.3. The molecule has 1 saturated heterocycles. The number of rotatable bonds is 4. The first-order valence-corrected chi connectivity index (χ1v) is 6.33. The minimum Gasteiger partial charge on any atom is -0.352 e. The molecule has 0 aliphatic carbocycles. The van der Waals surface area contributed by atoms with Crippen molar-refractivity contribution in [2.75, 3.05) is 24.5 Å². The molecule has 1 fully saturated rings. The van der Waals surface area contributed by atoms with E-state index in [-0.39, 0.29) is 5.56 Å². The second kappa shape index (κ2) is 5.82. The lowest BCUT2D eigenvalue weighted by Crippen LogP contribution is -2.47. The average molecular weight is 236 g/mol. The van der Waals surface area contributed by atoms with Crippen molar-refractivity contribution in [3.05, 3.63) is 22.7 Å². The van der Waals surface area contributed by atoms with Gasteiger partial charge in [0, 0.05) is 25.2 Å². The minimum absolute atomic E-state index is 0.0835. The van der Waals surface area contributed by atoms with Crippen molar-refractivity contribution < 1.29 is 0 Å². The number of hydrogen-bond donors (Lipinski definition) is 2. The van der Waals surface area contributed by atoms with Crippen LogP contribution in [0.15, 0.2) is 17.2 Å². The first-order chi connectivity index (χ1) is 8.31. The molecule has 2 rings (SSSR count). The topological polar surface area (TPSA) is 61.0 Å². The lowest BCUT2D eigenvalue weighted by atomic mass is 10.1. The van der Waals surface area contributed by atoms with E-state index in [0.717, 1.165) is 31.9 Å². The number of aromatic nitrogens is 2. The van der Waals surface area contributed by atoms with Crippen LogP contribution < -0.4 is 15.8 Å². The predicted octanol–water partition coefficient (Wildman–Crippen LogP) is 0.738. The van der Waals surface area contributed by atoms with Crippen molar-refractivity contribution in [2.45, 2.75) is 32.2 Å². The van der Waals surface area contributed by atoms with Crippen molar-refractivity contribution in [1.29, 1.82) is 0 Å². The van der Waals surface area contributed by atoms with E-state index in [9.17, 15) is 4.79 Å². The maximum absolute atomic E-state index is 11.3. The van der Waals surface area contributed by atoms with Gasteiger partial charge in [-0.2, -0.15) is 0 Å². The molecule has 1 aromatic rings. The molecule has 0 aromatic carbocycles. The molecule has 5 nitrogen and oxygen atoms in total. The Hall–Kier alpha value is -1.36. The Morgan fingerprint density at radius 1 is 1.59 bits per heavy atom. The largest absolute Gasteiger partial charge is 0.352 e. The van der Waals surface area contributed by atoms with Crippen LogP contribution >= 0.6 is 0 Å². The van der Waals surface area contributed by atoms with Gasteiger partial charge in [-0.3, -0.25) is 4.79 Å². The Morgan fingerprint density at radius 3 is 3.12 bits per heavy atom. The summed E-state index contributed by atoms with van der Waals surface area (Å²) in [7, 11) is 0. The Morgan fingerprint density at radius 2 is 2.47 bits per heavy atom. The fourth-order valence-corrected chi connectivity index (χ4v) is 2.34. The molecule has 0 bridgehead atoms. The van der Waals surface area contributed by atoms with E-state index in [1.54, 1.807) is 6.07 Å². The number of H-pyrrole nitrogens is 1. The summed E-state index contributed by atoms with van der Waals surface area (Å²) in [6, 6.07) is 2.04. The summed E-state index contributed by atoms with van der Waals surface area (Å²) in [5.41, 5.74) is -0.0835. The zero-order valence-corrected chi connectivity index (χ0v) is 10.3. The quantitative estimate of drug-likeness (QED) is 0.809. The van der Waals surface area contributed by atoms with Gasteiger partial charge in [-0.1, -0.05) is 6.92 Å². The van der Waals surface area contributed by atoms with Gasteiger partial charge < -0.3 is 15.2 Å². The third-order valence-corrected chi connectivity index (χ3v) is 3.13. The molecule has 1 atom stereocenters. The van der Waals surface area contributed by atoms with E-state index in [2.05, 4.69) is 27.1 Å². The van der Waals surface area contributed by atoms with Gasteiger partial charge in [-0.05, 0) is 25.8 Å². The molecule has 1 aromatic heterocycles. The fourth-order valence-electron chi connectivity index (χ4n) is 2.34. The molecule has 5 heteroatoms. The van der Waals surface area contributed by atoms with E-state index in [1.165, 1.54) is 19.2 Å². The predicted molar refractivity (Wildman–Crippen MR) is 68.4 cm³/mol. The monoisotopic (exact) mass is 236 g/mol. The van der Waals surface area contributed by atoms with E-state index in [4.69, 9.17) is 0 Å². The fraction of sp³-hybridized carbons (Fsp3) is 0.667. The summed E-state index contributed by atoms with van der Waals surface area (Å²) in [4.78, 5) is 20.4. The lowest BCUT2D eigenvalue weighted by molar-refractivity contribution is 0.428. The summed E-state index contributed by atoms with van der Waals surface area (Å²) in [5.74, 6) is 0.796. The normalized spacial score (nSPS) is 20.2. The van der Waals surface area contributed by atoms with Crippen LogP contribution in [0.2, 0.25) is 0 Å². The maximum Gasteiger partial charge on any atom is 0.252 e. The summed E-state index contributed by atoms with van der Waals surface area (Å²) >= 11 is 0. The molecule has 2 N–H and O–H groups in total. The number of aromatic amines is 1. The van der Waals surface area contributed by atoms with Crippen LogP contribution in [0.5, 0.6) is 0 Å². The number of hydrogen-bond acceptors (Lipinski definition) is 4. The van der Waals surface area contributed by atoms with Crippen LogP contribution in [-0.4, -0.2) is 35.6 Å². The molecular weight excluding hydrogens is 216 g/mol. The first kappa shape index (κ1) is 12.1. The van der Waals surface area contributed by atoms with Crippen LogP contribution in [0, 0.1) is 0 Å². The van der Waals surface area contributed by atoms with Crippen LogP contribution in [0.4, 0.5) is 5.82 Å². The highest BCUT2D eigenvalue weighted by Gasteiger charge is 2.21. The summed E-state index contributed by atoms with van der Waals surface area (Å²) in [6.45, 7) is 5.17. The molecule has 94 valence electrons. The van der Waals surface area contributed by atoms with Gasteiger partial charge in [0.1, 0.15) is 5.82 Å². The molecule has 2 heterocycles. The van der Waals surface area contributed by atoms with E-state index in [1.807, 2.05) is 0 Å². The van der Waals surface area contributed by atoms with Crippen molar-refractivity contribution >= 4 is 5.82 Å². The third kappa shape index (κ3) is 3.06. The van der Waals surface area contributed by atoms with Gasteiger partial charge in [-0.25, -0.2) is 4.98 Å². The Labute approximate surface area is 101 Å². The van der Waals surface area contributed by atoms with Crippen LogP contribution in [-0.2, 0) is 0 Å². The van der Waals surface area contributed by atoms with Gasteiger partial charge in [-0.15, -0.1) is 0 Å². The van der Waals surface area contributed by atoms with Crippen molar-refractivity contribution in [3.8, 4) is 0 Å². The van der Waals surface area contributed by atoms with Crippen molar-refractivity contribution in [1.82, 2.24) is 15.3 Å². The molecule has 1 aliphatic rings. The molecule has 1 aliphatic heterocycles. The average Bonchev–Trinajstić information content (AvgIpc) is 2.37. The van der Waals surface area contributed by atoms with Gasteiger partial charge in [0.15, 0.2) is 0 Å². The van der Waals surface area contributed by atoms with E-state index < -0.39 is 0 Å². The molecule has 17 heavy (non-hydrogen) atoms. The Bertz CT molecular complexity index is 397. The van der Waals surface area contributed by atoms with Crippen LogP contribution in [0.3, 0.4) is 0 Å². The SMILES string of the molecule is CCCN(c1cc(=O)[nH]cn1)C1CCCNC1. The molecular formula is C12H20N4O. The van der Waals surface area contributed by atoms with E-state index >= 15 is 0 Å². The number of piperidine rings is 1. The molecule has 0 radical (unpaired) electrons. The number of nitrogens with one attached hydrogen (secondary N) is 2. The maximum atomic E-state index is 11.3. The van der Waals surface area contributed by atoms with Gasteiger partial charge in [0.25, 0.3) is 5.56 Å². The first-order valence-electron chi connectivity index (χ1n) is 6.33. The highest BCUT2D eigenvalue weighted by molar-refractivity contribution is 5.38. The Balaban J connectivity index is 2.18.